The molecule has 1 unspecified atom stereocenters. The van der Waals surface area contributed by atoms with E-state index in [1.54, 1.807) is 24.6 Å². The van der Waals surface area contributed by atoms with Gasteiger partial charge in [-0.3, -0.25) is 10.1 Å². The smallest absolute Gasteiger partial charge is 0.413 e. The Morgan fingerprint density at radius 3 is 2.23 bits per heavy atom. The quantitative estimate of drug-likeness (QED) is 0.182. The summed E-state index contributed by atoms with van der Waals surface area (Å²) in [6.07, 6.45) is 1.24. The van der Waals surface area contributed by atoms with Gasteiger partial charge in [-0.05, 0) is 61.6 Å². The lowest BCUT2D eigenvalue weighted by molar-refractivity contribution is -0.144. The number of rotatable bonds is 10. The number of esters is 1. The van der Waals surface area contributed by atoms with Crippen molar-refractivity contribution in [2.24, 2.45) is 0 Å². The van der Waals surface area contributed by atoms with Crippen molar-refractivity contribution in [3.63, 3.8) is 0 Å². The number of aromatic nitrogens is 3. The fourth-order valence-electron chi connectivity index (χ4n) is 4.24. The first-order valence-corrected chi connectivity index (χ1v) is 12.8. The number of carbonyl (C=O) groups is 2. The molecule has 0 saturated carbocycles. The van der Waals surface area contributed by atoms with E-state index in [1.165, 1.54) is 0 Å². The van der Waals surface area contributed by atoms with Crippen LogP contribution in [0, 0.1) is 6.92 Å². The predicted octanol–water partition coefficient (Wildman–Crippen LogP) is 6.78. The molecule has 1 aromatic heterocycles. The van der Waals surface area contributed by atoms with Crippen molar-refractivity contribution in [2.45, 2.75) is 39.2 Å². The van der Waals surface area contributed by atoms with Crippen molar-refractivity contribution in [3.05, 3.63) is 108 Å². The molecule has 1 heterocycles. The summed E-state index contributed by atoms with van der Waals surface area (Å²) in [4.78, 5) is 25.0. The predicted molar refractivity (Wildman–Crippen MR) is 151 cm³/mol. The summed E-state index contributed by atoms with van der Waals surface area (Å²) >= 11 is 0. The first-order chi connectivity index (χ1) is 18.9. The number of hydrogen-bond donors (Lipinski definition) is 1. The molecule has 0 saturated heterocycles. The molecule has 3 aromatic carbocycles. The Hall–Kier alpha value is -4.72. The molecule has 200 valence electrons. The van der Waals surface area contributed by atoms with Gasteiger partial charge in [0.25, 0.3) is 0 Å². The molecule has 2 atom stereocenters. The van der Waals surface area contributed by atoms with Gasteiger partial charge in [0.2, 0.25) is 0 Å². The van der Waals surface area contributed by atoms with Crippen molar-refractivity contribution in [1.29, 1.82) is 0 Å². The Labute approximate surface area is 228 Å². The van der Waals surface area contributed by atoms with E-state index in [0.717, 1.165) is 27.9 Å². The van der Waals surface area contributed by atoms with Gasteiger partial charge >= 0.3 is 12.1 Å². The average molecular weight is 525 g/mol. The molecule has 0 radical (unpaired) electrons. The molecule has 8 nitrogen and oxygen atoms in total. The van der Waals surface area contributed by atoms with Gasteiger partial charge in [0.15, 0.2) is 5.82 Å². The lowest BCUT2D eigenvalue weighted by Gasteiger charge is -2.15. The Kier molecular flexibility index (Phi) is 8.89. The molecule has 4 rings (SSSR count). The third-order valence-electron chi connectivity index (χ3n) is 6.34. The molecule has 0 fully saturated rings. The molecule has 0 aliphatic carbocycles. The van der Waals surface area contributed by atoms with Gasteiger partial charge in [0.1, 0.15) is 11.8 Å². The van der Waals surface area contributed by atoms with Gasteiger partial charge < -0.3 is 9.47 Å². The van der Waals surface area contributed by atoms with Crippen molar-refractivity contribution >= 4 is 17.9 Å². The summed E-state index contributed by atoms with van der Waals surface area (Å²) < 4.78 is 12.3. The molecular formula is C31H32N4O4. The lowest BCUT2D eigenvalue weighted by atomic mass is 9.93. The maximum absolute atomic E-state index is 12.6. The number of anilines is 1. The normalized spacial score (nSPS) is 12.3. The maximum Gasteiger partial charge on any atom is 0.413 e. The fraction of sp³-hybridized carbons (Fsp3) is 0.226. The first kappa shape index (κ1) is 27.3. The highest BCUT2D eigenvalue weighted by molar-refractivity contribution is 5.84. The van der Waals surface area contributed by atoms with Crippen LogP contribution in [0.3, 0.4) is 0 Å². The van der Waals surface area contributed by atoms with Crippen LogP contribution in [0.1, 0.15) is 49.1 Å². The number of ether oxygens (including phenoxy) is 2. The van der Waals surface area contributed by atoms with Gasteiger partial charge in [0, 0.05) is 0 Å². The van der Waals surface area contributed by atoms with Crippen LogP contribution in [0.4, 0.5) is 10.6 Å². The molecule has 0 spiro atoms. The minimum atomic E-state index is -0.590. The van der Waals surface area contributed by atoms with Crippen LogP contribution >= 0.6 is 0 Å². The highest BCUT2D eigenvalue weighted by Gasteiger charge is 2.21. The SMILES string of the molecule is C=CCC(C(=O)OCC)c1ccc(-c2ccc(-n3nnc(C)c3NC(=O)O[C@H](C)c3ccccc3)cc2)cc1. The van der Waals surface area contributed by atoms with Crippen LogP contribution in [-0.4, -0.2) is 33.7 Å². The largest absolute Gasteiger partial charge is 0.466 e. The average Bonchev–Trinajstić information content (AvgIpc) is 3.32. The zero-order valence-electron chi connectivity index (χ0n) is 22.3. The molecular weight excluding hydrogens is 492 g/mol. The third kappa shape index (κ3) is 6.59. The standard InChI is InChI=1S/C31H32N4O4/c1-5-10-28(30(36)38-6-2)26-15-13-24(14-16-26)25-17-19-27(20-18-25)35-29(21(3)33-34-35)32-31(37)39-22(4)23-11-8-7-9-12-23/h5,7-9,11-20,22,28H,1,6,10H2,2-4H3,(H,32,37)/t22-,28?/m1/s1. The van der Waals surface area contributed by atoms with E-state index < -0.39 is 12.2 Å². The Bertz CT molecular complexity index is 1410. The first-order valence-electron chi connectivity index (χ1n) is 12.8. The van der Waals surface area contributed by atoms with Crippen LogP contribution in [0.15, 0.2) is 91.5 Å². The summed E-state index contributed by atoms with van der Waals surface area (Å²) in [6.45, 7) is 9.49. The summed E-state index contributed by atoms with van der Waals surface area (Å²) in [5.41, 5.74) is 5.07. The van der Waals surface area contributed by atoms with Crippen molar-refractivity contribution in [1.82, 2.24) is 15.0 Å². The van der Waals surface area contributed by atoms with E-state index in [-0.39, 0.29) is 11.9 Å². The molecule has 0 aliphatic heterocycles. The number of aryl methyl sites for hydroxylation is 1. The van der Waals surface area contributed by atoms with E-state index in [2.05, 4.69) is 22.2 Å². The zero-order valence-corrected chi connectivity index (χ0v) is 22.3. The van der Waals surface area contributed by atoms with E-state index in [4.69, 9.17) is 9.47 Å². The van der Waals surface area contributed by atoms with Gasteiger partial charge in [-0.15, -0.1) is 11.7 Å². The Morgan fingerprint density at radius 1 is 0.974 bits per heavy atom. The van der Waals surface area contributed by atoms with E-state index >= 15 is 0 Å². The zero-order chi connectivity index (χ0) is 27.8. The number of nitrogens with zero attached hydrogens (tertiary/aromatic N) is 3. The molecule has 8 heteroatoms. The Balaban J connectivity index is 1.47. The van der Waals surface area contributed by atoms with Crippen molar-refractivity contribution < 1.29 is 19.1 Å². The number of hydrogen-bond acceptors (Lipinski definition) is 6. The van der Waals surface area contributed by atoms with Crippen LogP contribution in [-0.2, 0) is 14.3 Å². The van der Waals surface area contributed by atoms with Crippen LogP contribution in [0.2, 0.25) is 0 Å². The minimum Gasteiger partial charge on any atom is -0.466 e. The number of nitrogens with one attached hydrogen (secondary N) is 1. The molecule has 0 bridgehead atoms. The van der Waals surface area contributed by atoms with Gasteiger partial charge in [-0.1, -0.05) is 78.0 Å². The second-order valence-electron chi connectivity index (χ2n) is 9.02. The third-order valence-corrected chi connectivity index (χ3v) is 6.34. The monoisotopic (exact) mass is 524 g/mol. The Morgan fingerprint density at radius 2 is 1.62 bits per heavy atom. The summed E-state index contributed by atoms with van der Waals surface area (Å²) in [5, 5.41) is 11.1. The van der Waals surface area contributed by atoms with E-state index in [1.807, 2.05) is 85.8 Å². The minimum absolute atomic E-state index is 0.250. The molecule has 0 aliphatic rings. The molecule has 4 aromatic rings. The number of allylic oxidation sites excluding steroid dienone is 1. The van der Waals surface area contributed by atoms with Crippen LogP contribution in [0.25, 0.3) is 16.8 Å². The van der Waals surface area contributed by atoms with Crippen LogP contribution < -0.4 is 5.32 Å². The lowest BCUT2D eigenvalue weighted by Crippen LogP contribution is -2.18. The highest BCUT2D eigenvalue weighted by Crippen LogP contribution is 2.28. The maximum atomic E-state index is 12.6. The summed E-state index contributed by atoms with van der Waals surface area (Å²) in [5.74, 6) is -0.187. The number of carbonyl (C=O) groups excluding carboxylic acids is 2. The summed E-state index contributed by atoms with van der Waals surface area (Å²) in [6, 6.07) is 25.1. The fourth-order valence-corrected chi connectivity index (χ4v) is 4.24. The molecule has 1 amide bonds. The topological polar surface area (TPSA) is 95.3 Å². The second-order valence-corrected chi connectivity index (χ2v) is 9.02. The van der Waals surface area contributed by atoms with Gasteiger partial charge in [0.05, 0.1) is 18.2 Å². The van der Waals surface area contributed by atoms with E-state index in [9.17, 15) is 9.59 Å². The highest BCUT2D eigenvalue weighted by atomic mass is 16.6. The van der Waals surface area contributed by atoms with Crippen LogP contribution in [0.5, 0.6) is 0 Å². The van der Waals surface area contributed by atoms with Gasteiger partial charge in [-0.25, -0.2) is 4.79 Å². The van der Waals surface area contributed by atoms with E-state index in [0.29, 0.717) is 24.5 Å². The number of benzene rings is 3. The van der Waals surface area contributed by atoms with Crippen molar-refractivity contribution in [2.75, 3.05) is 11.9 Å². The van der Waals surface area contributed by atoms with Gasteiger partial charge in [-0.2, -0.15) is 4.68 Å². The summed E-state index contributed by atoms with van der Waals surface area (Å²) in [7, 11) is 0. The molecule has 39 heavy (non-hydrogen) atoms. The molecule has 1 N–H and O–H groups in total. The second kappa shape index (κ2) is 12.7. The van der Waals surface area contributed by atoms with Crippen molar-refractivity contribution in [3.8, 4) is 16.8 Å². The number of amides is 1.